The van der Waals surface area contributed by atoms with E-state index in [1.54, 1.807) is 12.1 Å². The van der Waals surface area contributed by atoms with Gasteiger partial charge in [-0.2, -0.15) is 0 Å². The Bertz CT molecular complexity index is 815. The number of carbonyl (C=O) groups is 2. The number of ketones is 1. The molecule has 0 saturated carbocycles. The van der Waals surface area contributed by atoms with Crippen molar-refractivity contribution in [1.82, 2.24) is 0 Å². The summed E-state index contributed by atoms with van der Waals surface area (Å²) in [5.41, 5.74) is 6.54. The minimum atomic E-state index is -1.02. The molecule has 0 aliphatic heterocycles. The van der Waals surface area contributed by atoms with Gasteiger partial charge in [0.15, 0.2) is 6.10 Å². The van der Waals surface area contributed by atoms with Gasteiger partial charge in [0.25, 0.3) is 5.69 Å². The SMILES string of the molecule is CCc1ccc(C(=O)[C@@H](C)OC(=O)c2ccc(N)c([N+](=O)[O-])c2)cc1. The van der Waals surface area contributed by atoms with Crippen molar-refractivity contribution in [2.45, 2.75) is 26.4 Å². The summed E-state index contributed by atoms with van der Waals surface area (Å²) in [4.78, 5) is 34.7. The first kappa shape index (κ1) is 18.1. The van der Waals surface area contributed by atoms with Gasteiger partial charge in [0.1, 0.15) is 5.69 Å². The molecular formula is C18H18N2O5. The van der Waals surface area contributed by atoms with Crippen LogP contribution < -0.4 is 5.73 Å². The number of benzene rings is 2. The molecule has 0 heterocycles. The number of aryl methyl sites for hydroxylation is 1. The number of esters is 1. The maximum absolute atomic E-state index is 12.3. The largest absolute Gasteiger partial charge is 0.451 e. The average molecular weight is 342 g/mol. The Labute approximate surface area is 144 Å². The summed E-state index contributed by atoms with van der Waals surface area (Å²) in [7, 11) is 0. The lowest BCUT2D eigenvalue weighted by atomic mass is 10.0. The lowest BCUT2D eigenvalue weighted by Crippen LogP contribution is -2.24. The molecule has 2 N–H and O–H groups in total. The molecular weight excluding hydrogens is 324 g/mol. The lowest BCUT2D eigenvalue weighted by Gasteiger charge is -2.13. The van der Waals surface area contributed by atoms with Crippen LogP contribution in [0.5, 0.6) is 0 Å². The smallest absolute Gasteiger partial charge is 0.339 e. The van der Waals surface area contributed by atoms with Gasteiger partial charge in [-0.3, -0.25) is 14.9 Å². The van der Waals surface area contributed by atoms with E-state index in [0.717, 1.165) is 18.1 Å². The molecule has 130 valence electrons. The zero-order valence-electron chi connectivity index (χ0n) is 13.9. The molecule has 2 aromatic carbocycles. The Morgan fingerprint density at radius 1 is 1.16 bits per heavy atom. The van der Waals surface area contributed by atoms with Crippen LogP contribution in [0.1, 0.15) is 40.1 Å². The number of carbonyl (C=O) groups excluding carboxylic acids is 2. The van der Waals surface area contributed by atoms with Gasteiger partial charge in [-0.05, 0) is 31.0 Å². The third kappa shape index (κ3) is 4.20. The summed E-state index contributed by atoms with van der Waals surface area (Å²) >= 11 is 0. The van der Waals surface area contributed by atoms with Gasteiger partial charge >= 0.3 is 5.97 Å². The summed E-state index contributed by atoms with van der Waals surface area (Å²) < 4.78 is 5.13. The van der Waals surface area contributed by atoms with E-state index in [1.807, 2.05) is 19.1 Å². The molecule has 0 saturated heterocycles. The van der Waals surface area contributed by atoms with E-state index < -0.39 is 17.0 Å². The van der Waals surface area contributed by atoms with Crippen molar-refractivity contribution in [1.29, 1.82) is 0 Å². The molecule has 7 heteroatoms. The van der Waals surface area contributed by atoms with Gasteiger partial charge in [0, 0.05) is 11.6 Å². The Morgan fingerprint density at radius 3 is 2.32 bits per heavy atom. The number of nitrogen functional groups attached to an aromatic ring is 1. The number of nitro groups is 1. The normalized spacial score (nSPS) is 11.6. The molecule has 0 fully saturated rings. The maximum atomic E-state index is 12.3. The number of hydrogen-bond donors (Lipinski definition) is 1. The van der Waals surface area contributed by atoms with Crippen LogP contribution in [0.3, 0.4) is 0 Å². The number of nitrogens with zero attached hydrogens (tertiary/aromatic N) is 1. The zero-order valence-corrected chi connectivity index (χ0v) is 13.9. The highest BCUT2D eigenvalue weighted by Gasteiger charge is 2.22. The Balaban J connectivity index is 2.12. The highest BCUT2D eigenvalue weighted by Crippen LogP contribution is 2.23. The van der Waals surface area contributed by atoms with Gasteiger partial charge in [0.2, 0.25) is 5.78 Å². The summed E-state index contributed by atoms with van der Waals surface area (Å²) in [5.74, 6) is -1.17. The van der Waals surface area contributed by atoms with Crippen LogP contribution in [-0.2, 0) is 11.2 Å². The Hall–Kier alpha value is -3.22. The monoisotopic (exact) mass is 342 g/mol. The average Bonchev–Trinajstić information content (AvgIpc) is 2.61. The molecule has 2 aromatic rings. The minimum Gasteiger partial charge on any atom is -0.451 e. The van der Waals surface area contributed by atoms with Crippen LogP contribution in [-0.4, -0.2) is 22.8 Å². The fraction of sp³-hybridized carbons (Fsp3) is 0.222. The van der Waals surface area contributed by atoms with Crippen molar-refractivity contribution >= 4 is 23.1 Å². The van der Waals surface area contributed by atoms with Crippen molar-refractivity contribution < 1.29 is 19.2 Å². The number of anilines is 1. The fourth-order valence-electron chi connectivity index (χ4n) is 2.25. The van der Waals surface area contributed by atoms with Crippen LogP contribution in [0.4, 0.5) is 11.4 Å². The predicted molar refractivity (Wildman–Crippen MR) is 92.5 cm³/mol. The molecule has 0 bridgehead atoms. The molecule has 0 aliphatic rings. The van der Waals surface area contributed by atoms with Crippen molar-refractivity contribution in [2.75, 3.05) is 5.73 Å². The van der Waals surface area contributed by atoms with Crippen LogP contribution in [0.25, 0.3) is 0 Å². The second kappa shape index (κ2) is 7.57. The zero-order chi connectivity index (χ0) is 18.6. The second-order valence-electron chi connectivity index (χ2n) is 5.49. The quantitative estimate of drug-likeness (QED) is 0.284. The first-order valence-electron chi connectivity index (χ1n) is 7.71. The van der Waals surface area contributed by atoms with Crippen molar-refractivity contribution in [3.63, 3.8) is 0 Å². The summed E-state index contributed by atoms with van der Waals surface area (Å²) in [6, 6.07) is 10.6. The highest BCUT2D eigenvalue weighted by molar-refractivity contribution is 6.01. The van der Waals surface area contributed by atoms with E-state index in [-0.39, 0.29) is 22.7 Å². The molecule has 7 nitrogen and oxygen atoms in total. The van der Waals surface area contributed by atoms with Gasteiger partial charge in [-0.25, -0.2) is 4.79 Å². The molecule has 2 rings (SSSR count). The Kier molecular flexibility index (Phi) is 5.49. The van der Waals surface area contributed by atoms with Gasteiger partial charge in [-0.1, -0.05) is 31.2 Å². The standard InChI is InChI=1S/C18H18N2O5/c1-3-12-4-6-13(7-5-12)17(21)11(2)25-18(22)14-8-9-15(19)16(10-14)20(23)24/h4-11H,3,19H2,1-2H3/t11-/m1/s1. The van der Waals surface area contributed by atoms with Crippen molar-refractivity contribution in [3.05, 3.63) is 69.3 Å². The fourth-order valence-corrected chi connectivity index (χ4v) is 2.25. The topological polar surface area (TPSA) is 113 Å². The third-order valence-electron chi connectivity index (χ3n) is 3.76. The molecule has 25 heavy (non-hydrogen) atoms. The summed E-state index contributed by atoms with van der Waals surface area (Å²) in [6.45, 7) is 3.46. The van der Waals surface area contributed by atoms with E-state index in [1.165, 1.54) is 19.1 Å². The number of Topliss-reactive ketones (excluding diaryl/α,β-unsaturated/α-hetero) is 1. The second-order valence-corrected chi connectivity index (χ2v) is 5.49. The molecule has 0 radical (unpaired) electrons. The molecule has 0 amide bonds. The number of ether oxygens (including phenoxy) is 1. The van der Waals surface area contributed by atoms with Gasteiger partial charge < -0.3 is 10.5 Å². The van der Waals surface area contributed by atoms with Crippen LogP contribution >= 0.6 is 0 Å². The Morgan fingerprint density at radius 2 is 1.76 bits per heavy atom. The van der Waals surface area contributed by atoms with Gasteiger partial charge in [-0.15, -0.1) is 0 Å². The highest BCUT2D eigenvalue weighted by atomic mass is 16.6. The molecule has 0 aromatic heterocycles. The van der Waals surface area contributed by atoms with E-state index in [9.17, 15) is 19.7 Å². The number of rotatable bonds is 6. The minimum absolute atomic E-state index is 0.0399. The predicted octanol–water partition coefficient (Wildman–Crippen LogP) is 3.17. The molecule has 0 unspecified atom stereocenters. The number of nitrogens with two attached hydrogens (primary N) is 1. The van der Waals surface area contributed by atoms with E-state index >= 15 is 0 Å². The van der Waals surface area contributed by atoms with E-state index in [4.69, 9.17) is 10.5 Å². The van der Waals surface area contributed by atoms with Crippen molar-refractivity contribution in [3.8, 4) is 0 Å². The van der Waals surface area contributed by atoms with Crippen molar-refractivity contribution in [2.24, 2.45) is 0 Å². The summed E-state index contributed by atoms with van der Waals surface area (Å²) in [5, 5.41) is 10.9. The summed E-state index contributed by atoms with van der Waals surface area (Å²) in [6.07, 6.45) is -0.161. The molecule has 0 aliphatic carbocycles. The lowest BCUT2D eigenvalue weighted by molar-refractivity contribution is -0.383. The third-order valence-corrected chi connectivity index (χ3v) is 3.76. The molecule has 0 spiro atoms. The first-order valence-corrected chi connectivity index (χ1v) is 7.71. The van der Waals surface area contributed by atoms with E-state index in [0.29, 0.717) is 5.56 Å². The molecule has 1 atom stereocenters. The van der Waals surface area contributed by atoms with Crippen LogP contribution in [0, 0.1) is 10.1 Å². The first-order chi connectivity index (χ1) is 11.8. The van der Waals surface area contributed by atoms with E-state index in [2.05, 4.69) is 0 Å². The maximum Gasteiger partial charge on any atom is 0.339 e. The van der Waals surface area contributed by atoms with Gasteiger partial charge in [0.05, 0.1) is 10.5 Å². The van der Waals surface area contributed by atoms with Crippen LogP contribution in [0.15, 0.2) is 42.5 Å². The number of hydrogen-bond acceptors (Lipinski definition) is 6. The number of nitro benzene ring substituents is 1. The van der Waals surface area contributed by atoms with Crippen LogP contribution in [0.2, 0.25) is 0 Å².